The van der Waals surface area contributed by atoms with E-state index in [0.29, 0.717) is 12.2 Å². The van der Waals surface area contributed by atoms with Crippen LogP contribution in [0.2, 0.25) is 0 Å². The Morgan fingerprint density at radius 3 is 2.89 bits per heavy atom. The molecule has 1 aromatic rings. The predicted octanol–water partition coefficient (Wildman–Crippen LogP) is 1.12. The van der Waals surface area contributed by atoms with Gasteiger partial charge in [-0.25, -0.2) is 9.78 Å². The quantitative estimate of drug-likeness (QED) is 0.699. The van der Waals surface area contributed by atoms with Gasteiger partial charge in [-0.1, -0.05) is 0 Å². The number of nitrogens with one attached hydrogen (secondary N) is 1. The van der Waals surface area contributed by atoms with Crippen LogP contribution in [0.25, 0.3) is 0 Å². The van der Waals surface area contributed by atoms with Crippen molar-refractivity contribution in [2.75, 3.05) is 5.75 Å². The normalized spacial score (nSPS) is 12.1. The van der Waals surface area contributed by atoms with E-state index in [1.807, 2.05) is 13.1 Å². The number of aromatic nitrogens is 2. The van der Waals surface area contributed by atoms with E-state index >= 15 is 0 Å². The monoisotopic (exact) mass is 285 g/mol. The van der Waals surface area contributed by atoms with Gasteiger partial charge >= 0.3 is 5.97 Å². The van der Waals surface area contributed by atoms with Crippen LogP contribution in [-0.2, 0) is 21.9 Å². The van der Waals surface area contributed by atoms with Gasteiger partial charge in [-0.3, -0.25) is 4.79 Å². The summed E-state index contributed by atoms with van der Waals surface area (Å²) in [4.78, 5) is 25.9. The van der Waals surface area contributed by atoms with Crippen LogP contribution in [0.1, 0.15) is 26.0 Å². The van der Waals surface area contributed by atoms with Crippen LogP contribution in [0.5, 0.6) is 0 Å². The Kier molecular flexibility index (Phi) is 6.41. The molecule has 0 saturated carbocycles. The van der Waals surface area contributed by atoms with Crippen LogP contribution < -0.4 is 5.32 Å². The van der Waals surface area contributed by atoms with Gasteiger partial charge in [0.05, 0.1) is 6.33 Å². The number of hydrogen-bond donors (Lipinski definition) is 2. The van der Waals surface area contributed by atoms with Crippen molar-refractivity contribution in [2.24, 2.45) is 0 Å². The molecule has 0 fully saturated rings. The molecular formula is C12H19N3O3S. The first-order chi connectivity index (χ1) is 9.04. The third kappa shape index (κ3) is 5.34. The molecule has 0 saturated heterocycles. The van der Waals surface area contributed by atoms with Crippen LogP contribution in [0.3, 0.4) is 0 Å². The van der Waals surface area contributed by atoms with Crippen molar-refractivity contribution >= 4 is 23.6 Å². The van der Waals surface area contributed by atoms with Gasteiger partial charge in [0.1, 0.15) is 6.04 Å². The molecule has 1 heterocycles. The zero-order chi connectivity index (χ0) is 14.3. The molecule has 0 radical (unpaired) electrons. The standard InChI is InChI=1S/C12H19N3O3S/c1-3-15-8-13-6-10(15)7-19-5-4-11(12(17)18)14-9(2)16/h6,8,11H,3-5,7H2,1-2H3,(H,14,16)(H,17,18). The number of carboxylic acids is 1. The molecule has 0 spiro atoms. The van der Waals surface area contributed by atoms with E-state index < -0.39 is 12.0 Å². The summed E-state index contributed by atoms with van der Waals surface area (Å²) in [6.07, 6.45) is 4.02. The topological polar surface area (TPSA) is 84.2 Å². The average molecular weight is 285 g/mol. The Balaban J connectivity index is 2.32. The zero-order valence-electron chi connectivity index (χ0n) is 11.1. The molecule has 0 aromatic carbocycles. The molecule has 1 unspecified atom stereocenters. The van der Waals surface area contributed by atoms with Crippen molar-refractivity contribution in [3.05, 3.63) is 18.2 Å². The number of aryl methyl sites for hydroxylation is 1. The summed E-state index contributed by atoms with van der Waals surface area (Å²) in [5, 5.41) is 11.4. The molecule has 1 amide bonds. The summed E-state index contributed by atoms with van der Waals surface area (Å²) in [6.45, 7) is 4.25. The molecule has 19 heavy (non-hydrogen) atoms. The lowest BCUT2D eigenvalue weighted by Crippen LogP contribution is -2.39. The molecule has 0 aliphatic carbocycles. The zero-order valence-corrected chi connectivity index (χ0v) is 11.9. The van der Waals surface area contributed by atoms with Crippen molar-refractivity contribution < 1.29 is 14.7 Å². The van der Waals surface area contributed by atoms with E-state index in [9.17, 15) is 9.59 Å². The summed E-state index contributed by atoms with van der Waals surface area (Å²) in [5.41, 5.74) is 1.12. The molecule has 0 aliphatic heterocycles. The van der Waals surface area contributed by atoms with E-state index in [-0.39, 0.29) is 5.91 Å². The lowest BCUT2D eigenvalue weighted by Gasteiger charge is -2.12. The van der Waals surface area contributed by atoms with Crippen molar-refractivity contribution in [1.29, 1.82) is 0 Å². The van der Waals surface area contributed by atoms with E-state index in [0.717, 1.165) is 18.0 Å². The first-order valence-corrected chi connectivity index (χ1v) is 7.26. The minimum Gasteiger partial charge on any atom is -0.480 e. The smallest absolute Gasteiger partial charge is 0.326 e. The number of thioether (sulfide) groups is 1. The van der Waals surface area contributed by atoms with Crippen LogP contribution in [0.4, 0.5) is 0 Å². The fraction of sp³-hybridized carbons (Fsp3) is 0.583. The van der Waals surface area contributed by atoms with Gasteiger partial charge in [0.25, 0.3) is 0 Å². The van der Waals surface area contributed by atoms with Crippen LogP contribution >= 0.6 is 11.8 Å². The fourth-order valence-electron chi connectivity index (χ4n) is 1.63. The van der Waals surface area contributed by atoms with E-state index in [4.69, 9.17) is 5.11 Å². The Morgan fingerprint density at radius 2 is 2.32 bits per heavy atom. The highest BCUT2D eigenvalue weighted by atomic mass is 32.2. The number of carbonyl (C=O) groups is 2. The molecule has 1 atom stereocenters. The lowest BCUT2D eigenvalue weighted by molar-refractivity contribution is -0.141. The minimum atomic E-state index is -0.991. The maximum atomic E-state index is 10.9. The van der Waals surface area contributed by atoms with Crippen molar-refractivity contribution in [3.8, 4) is 0 Å². The number of hydrogen-bond acceptors (Lipinski definition) is 4. The Morgan fingerprint density at radius 1 is 1.58 bits per heavy atom. The van der Waals surface area contributed by atoms with Crippen molar-refractivity contribution in [1.82, 2.24) is 14.9 Å². The second-order valence-corrected chi connectivity index (χ2v) is 5.21. The molecule has 0 bridgehead atoms. The molecule has 1 rings (SSSR count). The number of amides is 1. The number of carbonyl (C=O) groups excluding carboxylic acids is 1. The fourth-order valence-corrected chi connectivity index (χ4v) is 2.63. The maximum Gasteiger partial charge on any atom is 0.326 e. The second kappa shape index (κ2) is 7.83. The number of carboxylic acid groups (broad SMARTS) is 1. The summed E-state index contributed by atoms with van der Waals surface area (Å²) < 4.78 is 2.05. The molecule has 7 heteroatoms. The summed E-state index contributed by atoms with van der Waals surface area (Å²) in [7, 11) is 0. The van der Waals surface area contributed by atoms with Gasteiger partial charge in [0.15, 0.2) is 0 Å². The Labute approximate surface area is 116 Å². The van der Waals surface area contributed by atoms with Crippen molar-refractivity contribution in [2.45, 2.75) is 38.6 Å². The van der Waals surface area contributed by atoms with Crippen LogP contribution in [0, 0.1) is 0 Å². The highest BCUT2D eigenvalue weighted by Crippen LogP contribution is 2.13. The van der Waals surface area contributed by atoms with Crippen LogP contribution in [0.15, 0.2) is 12.5 Å². The predicted molar refractivity (Wildman–Crippen MR) is 73.9 cm³/mol. The Hall–Kier alpha value is -1.50. The molecule has 6 nitrogen and oxygen atoms in total. The molecule has 2 N–H and O–H groups in total. The maximum absolute atomic E-state index is 10.9. The van der Waals surface area contributed by atoms with E-state index in [2.05, 4.69) is 14.9 Å². The van der Waals surface area contributed by atoms with Gasteiger partial charge in [0, 0.05) is 31.1 Å². The minimum absolute atomic E-state index is 0.318. The highest BCUT2D eigenvalue weighted by molar-refractivity contribution is 7.98. The lowest BCUT2D eigenvalue weighted by atomic mass is 10.2. The summed E-state index contributed by atoms with van der Waals surface area (Å²) in [5.74, 6) is 0.155. The van der Waals surface area contributed by atoms with Gasteiger partial charge in [-0.2, -0.15) is 11.8 Å². The largest absolute Gasteiger partial charge is 0.480 e. The molecule has 0 aliphatic rings. The van der Waals surface area contributed by atoms with Gasteiger partial charge in [-0.05, 0) is 19.1 Å². The summed E-state index contributed by atoms with van der Waals surface area (Å²) in [6, 6.07) is -0.805. The number of aliphatic carboxylic acids is 1. The summed E-state index contributed by atoms with van der Waals surface area (Å²) >= 11 is 1.64. The highest BCUT2D eigenvalue weighted by Gasteiger charge is 2.17. The van der Waals surface area contributed by atoms with Crippen LogP contribution in [-0.4, -0.2) is 38.3 Å². The van der Waals surface area contributed by atoms with Gasteiger partial charge in [-0.15, -0.1) is 0 Å². The van der Waals surface area contributed by atoms with E-state index in [1.165, 1.54) is 6.92 Å². The molecule has 1 aromatic heterocycles. The van der Waals surface area contributed by atoms with Gasteiger partial charge in [0.2, 0.25) is 5.91 Å². The molecule has 106 valence electrons. The second-order valence-electron chi connectivity index (χ2n) is 4.10. The third-order valence-electron chi connectivity index (χ3n) is 2.62. The Bertz CT molecular complexity index is 434. The first-order valence-electron chi connectivity index (χ1n) is 6.11. The van der Waals surface area contributed by atoms with Gasteiger partial charge < -0.3 is 15.0 Å². The SMILES string of the molecule is CCn1cncc1CSCCC(NC(C)=O)C(=O)O. The van der Waals surface area contributed by atoms with E-state index in [1.54, 1.807) is 18.1 Å². The number of imidazole rings is 1. The molecular weight excluding hydrogens is 266 g/mol. The first kappa shape index (κ1) is 15.6. The average Bonchev–Trinajstić information content (AvgIpc) is 2.79. The number of nitrogens with zero attached hydrogens (tertiary/aromatic N) is 2. The number of rotatable bonds is 8. The third-order valence-corrected chi connectivity index (χ3v) is 3.64. The van der Waals surface area contributed by atoms with Crippen molar-refractivity contribution in [3.63, 3.8) is 0 Å².